The van der Waals surface area contributed by atoms with Crippen molar-refractivity contribution in [1.82, 2.24) is 4.57 Å². The van der Waals surface area contributed by atoms with Crippen LogP contribution in [0.5, 0.6) is 0 Å². The Labute approximate surface area is 122 Å². The molecule has 20 heavy (non-hydrogen) atoms. The Morgan fingerprint density at radius 3 is 1.65 bits per heavy atom. The van der Waals surface area contributed by atoms with Gasteiger partial charge in [-0.3, -0.25) is 0 Å². The minimum atomic E-state index is 0.759. The number of hydrogen-bond acceptors (Lipinski definition) is 0. The van der Waals surface area contributed by atoms with Gasteiger partial charge in [-0.1, -0.05) is 48.0 Å². The zero-order valence-electron chi connectivity index (χ0n) is 10.8. The van der Waals surface area contributed by atoms with Crippen molar-refractivity contribution in [3.8, 4) is 5.69 Å². The minimum Gasteiger partial charge on any atom is -0.309 e. The average Bonchev–Trinajstić information content (AvgIpc) is 2.83. The van der Waals surface area contributed by atoms with Crippen molar-refractivity contribution in [1.29, 1.82) is 0 Å². The van der Waals surface area contributed by atoms with Gasteiger partial charge in [-0.2, -0.15) is 0 Å². The molecule has 0 saturated heterocycles. The number of para-hydroxylation sites is 2. The van der Waals surface area contributed by atoms with E-state index in [-0.39, 0.29) is 0 Å². The number of hydrogen-bond donors (Lipinski definition) is 0. The number of benzene rings is 3. The number of aromatic nitrogens is 1. The summed E-state index contributed by atoms with van der Waals surface area (Å²) in [7, 11) is 0. The van der Waals surface area contributed by atoms with Gasteiger partial charge in [0, 0.05) is 21.5 Å². The van der Waals surface area contributed by atoms with Gasteiger partial charge in [0.25, 0.3) is 0 Å². The molecule has 0 bridgehead atoms. The summed E-state index contributed by atoms with van der Waals surface area (Å²) in [6.45, 7) is 0. The van der Waals surface area contributed by atoms with Crippen molar-refractivity contribution in [3.63, 3.8) is 0 Å². The second-order valence-electron chi connectivity index (χ2n) is 4.85. The molecule has 1 heterocycles. The highest BCUT2D eigenvalue weighted by Crippen LogP contribution is 2.31. The molecule has 0 amide bonds. The van der Waals surface area contributed by atoms with Crippen LogP contribution in [0.3, 0.4) is 0 Å². The normalized spacial score (nSPS) is 11.2. The van der Waals surface area contributed by atoms with E-state index in [1.165, 1.54) is 21.8 Å². The summed E-state index contributed by atoms with van der Waals surface area (Å²) >= 11 is 6.00. The maximum atomic E-state index is 6.00. The number of nitrogens with zero attached hydrogens (tertiary/aromatic N) is 1. The Kier molecular flexibility index (Phi) is 2.54. The lowest BCUT2D eigenvalue weighted by atomic mass is 10.2. The monoisotopic (exact) mass is 277 g/mol. The van der Waals surface area contributed by atoms with Crippen molar-refractivity contribution in [3.05, 3.63) is 77.8 Å². The van der Waals surface area contributed by atoms with Crippen LogP contribution in [-0.2, 0) is 0 Å². The maximum Gasteiger partial charge on any atom is 0.0541 e. The first kappa shape index (κ1) is 11.6. The largest absolute Gasteiger partial charge is 0.309 e. The van der Waals surface area contributed by atoms with Gasteiger partial charge in [-0.15, -0.1) is 0 Å². The van der Waals surface area contributed by atoms with E-state index in [0.29, 0.717) is 0 Å². The van der Waals surface area contributed by atoms with Crippen LogP contribution in [0, 0.1) is 0 Å². The quantitative estimate of drug-likeness (QED) is 0.437. The molecule has 0 N–H and O–H groups in total. The summed E-state index contributed by atoms with van der Waals surface area (Å²) in [6.07, 6.45) is 0. The lowest BCUT2D eigenvalue weighted by Crippen LogP contribution is -1.92. The highest BCUT2D eigenvalue weighted by atomic mass is 35.5. The molecular weight excluding hydrogens is 266 g/mol. The standard InChI is InChI=1S/C18H12ClN/c19-13-9-11-14(12-10-13)20-17-7-3-1-5-15(17)16-6-2-4-8-18(16)20/h1-12H. The highest BCUT2D eigenvalue weighted by Gasteiger charge is 2.10. The summed E-state index contributed by atoms with van der Waals surface area (Å²) in [5.74, 6) is 0. The summed E-state index contributed by atoms with van der Waals surface area (Å²) in [5.41, 5.74) is 3.57. The Hall–Kier alpha value is -2.25. The van der Waals surface area contributed by atoms with Gasteiger partial charge in [-0.05, 0) is 36.4 Å². The molecule has 0 fully saturated rings. The van der Waals surface area contributed by atoms with Crippen LogP contribution < -0.4 is 0 Å². The lowest BCUT2D eigenvalue weighted by Gasteiger charge is -2.07. The van der Waals surface area contributed by atoms with Gasteiger partial charge in [0.05, 0.1) is 11.0 Å². The molecule has 0 aliphatic rings. The topological polar surface area (TPSA) is 4.93 Å². The van der Waals surface area contributed by atoms with Crippen molar-refractivity contribution >= 4 is 33.4 Å². The first-order valence-corrected chi connectivity index (χ1v) is 6.96. The second kappa shape index (κ2) is 4.39. The summed E-state index contributed by atoms with van der Waals surface area (Å²) in [4.78, 5) is 0. The van der Waals surface area contributed by atoms with Crippen molar-refractivity contribution in [2.45, 2.75) is 0 Å². The zero-order valence-corrected chi connectivity index (χ0v) is 11.5. The van der Waals surface area contributed by atoms with Gasteiger partial charge >= 0.3 is 0 Å². The molecule has 4 aromatic rings. The van der Waals surface area contributed by atoms with Crippen molar-refractivity contribution in [2.75, 3.05) is 0 Å². The lowest BCUT2D eigenvalue weighted by molar-refractivity contribution is 1.18. The summed E-state index contributed by atoms with van der Waals surface area (Å²) < 4.78 is 2.28. The van der Waals surface area contributed by atoms with E-state index < -0.39 is 0 Å². The van der Waals surface area contributed by atoms with Gasteiger partial charge in [0.15, 0.2) is 0 Å². The fourth-order valence-electron chi connectivity index (χ4n) is 2.79. The third kappa shape index (κ3) is 1.64. The molecule has 0 aliphatic heterocycles. The van der Waals surface area contributed by atoms with Crippen LogP contribution >= 0.6 is 11.6 Å². The van der Waals surface area contributed by atoms with Gasteiger partial charge in [0.1, 0.15) is 0 Å². The fourth-order valence-corrected chi connectivity index (χ4v) is 2.92. The Morgan fingerprint density at radius 2 is 1.10 bits per heavy atom. The zero-order chi connectivity index (χ0) is 13.5. The van der Waals surface area contributed by atoms with E-state index in [1.807, 2.05) is 12.1 Å². The molecule has 0 spiro atoms. The molecule has 4 rings (SSSR count). The van der Waals surface area contributed by atoms with E-state index in [4.69, 9.17) is 11.6 Å². The molecule has 3 aromatic carbocycles. The van der Waals surface area contributed by atoms with Gasteiger partial charge in [0.2, 0.25) is 0 Å². The van der Waals surface area contributed by atoms with Gasteiger partial charge in [-0.25, -0.2) is 0 Å². The Bertz CT molecular complexity index is 850. The van der Waals surface area contributed by atoms with E-state index in [1.54, 1.807) is 0 Å². The predicted octanol–water partition coefficient (Wildman–Crippen LogP) is 5.44. The van der Waals surface area contributed by atoms with Crippen molar-refractivity contribution < 1.29 is 0 Å². The predicted molar refractivity (Wildman–Crippen MR) is 85.8 cm³/mol. The minimum absolute atomic E-state index is 0.759. The van der Waals surface area contributed by atoms with Crippen LogP contribution in [0.25, 0.3) is 27.5 Å². The first-order valence-electron chi connectivity index (χ1n) is 6.59. The molecule has 0 aliphatic carbocycles. The fraction of sp³-hybridized carbons (Fsp3) is 0. The summed E-state index contributed by atoms with van der Waals surface area (Å²) in [5, 5.41) is 3.31. The average molecular weight is 278 g/mol. The molecule has 0 radical (unpaired) electrons. The molecule has 1 nitrogen and oxygen atoms in total. The molecular formula is C18H12ClN. The molecule has 0 saturated carbocycles. The van der Waals surface area contributed by atoms with Crippen LogP contribution in [-0.4, -0.2) is 4.57 Å². The molecule has 1 aromatic heterocycles. The van der Waals surface area contributed by atoms with E-state index in [2.05, 4.69) is 65.2 Å². The number of fused-ring (bicyclic) bond motifs is 3. The van der Waals surface area contributed by atoms with Crippen LogP contribution in [0.2, 0.25) is 5.02 Å². The van der Waals surface area contributed by atoms with Gasteiger partial charge < -0.3 is 4.57 Å². The Morgan fingerprint density at radius 1 is 0.600 bits per heavy atom. The van der Waals surface area contributed by atoms with E-state index in [9.17, 15) is 0 Å². The maximum absolute atomic E-state index is 6.00. The first-order chi connectivity index (χ1) is 9.84. The third-order valence-corrected chi connectivity index (χ3v) is 3.92. The SMILES string of the molecule is Clc1ccc(-n2c3ccccc3c3ccccc32)cc1. The molecule has 0 unspecified atom stereocenters. The van der Waals surface area contributed by atoms with E-state index >= 15 is 0 Å². The van der Waals surface area contributed by atoms with E-state index in [0.717, 1.165) is 10.7 Å². The Balaban J connectivity index is 2.17. The molecule has 96 valence electrons. The second-order valence-corrected chi connectivity index (χ2v) is 5.28. The summed E-state index contributed by atoms with van der Waals surface area (Å²) in [6, 6.07) is 25.0. The number of halogens is 1. The van der Waals surface area contributed by atoms with Crippen LogP contribution in [0.15, 0.2) is 72.8 Å². The molecule has 0 atom stereocenters. The van der Waals surface area contributed by atoms with Crippen LogP contribution in [0.4, 0.5) is 0 Å². The van der Waals surface area contributed by atoms with Crippen LogP contribution in [0.1, 0.15) is 0 Å². The third-order valence-electron chi connectivity index (χ3n) is 3.66. The smallest absolute Gasteiger partial charge is 0.0541 e. The highest BCUT2D eigenvalue weighted by molar-refractivity contribution is 6.30. The molecule has 2 heteroatoms. The number of rotatable bonds is 1. The van der Waals surface area contributed by atoms with Crippen molar-refractivity contribution in [2.24, 2.45) is 0 Å².